The molecule has 0 aliphatic carbocycles. The molecule has 0 fully saturated rings. The summed E-state index contributed by atoms with van der Waals surface area (Å²) >= 11 is 0. The number of carbonyl (C=O) groups excluding carboxylic acids is 1. The zero-order chi connectivity index (χ0) is 17.9. The third kappa shape index (κ3) is 4.03. The quantitative estimate of drug-likeness (QED) is 0.617. The van der Waals surface area contributed by atoms with Crippen molar-refractivity contribution >= 4 is 5.78 Å². The molecule has 0 radical (unpaired) electrons. The summed E-state index contributed by atoms with van der Waals surface area (Å²) < 4.78 is 42.9. The Hall–Kier alpha value is -3.15. The molecule has 0 unspecified atom stereocenters. The third-order valence-electron chi connectivity index (χ3n) is 3.44. The molecule has 3 rings (SSSR count). The Kier molecular flexibility index (Phi) is 4.52. The normalized spacial score (nSPS) is 11.2. The first-order valence-electron chi connectivity index (χ1n) is 7.34. The number of ketones is 1. The van der Waals surface area contributed by atoms with Crippen LogP contribution in [0.5, 0.6) is 11.6 Å². The van der Waals surface area contributed by atoms with Crippen molar-refractivity contribution in [2.45, 2.75) is 6.18 Å². The van der Waals surface area contributed by atoms with Crippen molar-refractivity contribution in [3.05, 3.63) is 89.6 Å². The van der Waals surface area contributed by atoms with Gasteiger partial charge in [0.15, 0.2) is 5.78 Å². The summed E-state index contributed by atoms with van der Waals surface area (Å²) in [5, 5.41) is 0. The number of pyridine rings is 1. The number of alkyl halides is 3. The topological polar surface area (TPSA) is 39.2 Å². The minimum atomic E-state index is -4.44. The molecule has 126 valence electrons. The fourth-order valence-electron chi connectivity index (χ4n) is 2.16. The van der Waals surface area contributed by atoms with E-state index < -0.39 is 11.7 Å². The molecule has 0 saturated heterocycles. The molecule has 0 saturated carbocycles. The number of benzene rings is 2. The van der Waals surface area contributed by atoms with Crippen LogP contribution in [-0.2, 0) is 6.18 Å². The molecule has 2 aromatic carbocycles. The molecule has 1 heterocycles. The second-order valence-corrected chi connectivity index (χ2v) is 5.20. The van der Waals surface area contributed by atoms with Gasteiger partial charge >= 0.3 is 6.18 Å². The standard InChI is InChI=1S/C19H12F3NO2/c20-19(21,22)15-8-11-17(23-12-15)25-16-9-6-14(7-10-16)18(24)13-4-2-1-3-5-13/h1-12H. The molecule has 0 spiro atoms. The number of carbonyl (C=O) groups is 1. The summed E-state index contributed by atoms with van der Waals surface area (Å²) in [6.07, 6.45) is -3.73. The molecule has 0 aliphatic rings. The fourth-order valence-corrected chi connectivity index (χ4v) is 2.16. The van der Waals surface area contributed by atoms with Gasteiger partial charge in [-0.15, -0.1) is 0 Å². The molecule has 6 heteroatoms. The van der Waals surface area contributed by atoms with E-state index in [9.17, 15) is 18.0 Å². The Morgan fingerprint density at radius 3 is 2.04 bits per heavy atom. The highest BCUT2D eigenvalue weighted by atomic mass is 19.4. The minimum Gasteiger partial charge on any atom is -0.439 e. The number of hydrogen-bond donors (Lipinski definition) is 0. The van der Waals surface area contributed by atoms with Crippen molar-refractivity contribution < 1.29 is 22.7 Å². The van der Waals surface area contributed by atoms with Crippen LogP contribution in [0.15, 0.2) is 72.9 Å². The highest BCUT2D eigenvalue weighted by Crippen LogP contribution is 2.30. The number of aromatic nitrogens is 1. The molecule has 25 heavy (non-hydrogen) atoms. The van der Waals surface area contributed by atoms with Gasteiger partial charge in [-0.2, -0.15) is 13.2 Å². The zero-order valence-electron chi connectivity index (χ0n) is 12.8. The maximum atomic E-state index is 12.5. The van der Waals surface area contributed by atoms with E-state index in [1.807, 2.05) is 6.07 Å². The lowest BCUT2D eigenvalue weighted by atomic mass is 10.0. The minimum absolute atomic E-state index is 0.0372. The average Bonchev–Trinajstić information content (AvgIpc) is 2.62. The van der Waals surface area contributed by atoms with Crippen LogP contribution < -0.4 is 4.74 Å². The Balaban J connectivity index is 1.72. The molecule has 0 atom stereocenters. The molecule has 0 bridgehead atoms. The van der Waals surface area contributed by atoms with Gasteiger partial charge in [-0.1, -0.05) is 30.3 Å². The van der Waals surface area contributed by atoms with Crippen LogP contribution in [0, 0.1) is 0 Å². The van der Waals surface area contributed by atoms with Gasteiger partial charge in [0.25, 0.3) is 0 Å². The van der Waals surface area contributed by atoms with Crippen molar-refractivity contribution in [2.24, 2.45) is 0 Å². The molecular formula is C19H12F3NO2. The summed E-state index contributed by atoms with van der Waals surface area (Å²) in [4.78, 5) is 15.9. The van der Waals surface area contributed by atoms with Gasteiger partial charge in [0, 0.05) is 23.4 Å². The number of halogens is 3. The molecule has 3 aromatic rings. The molecular weight excluding hydrogens is 331 g/mol. The van der Waals surface area contributed by atoms with Gasteiger partial charge in [0.05, 0.1) is 5.56 Å². The predicted octanol–water partition coefficient (Wildman–Crippen LogP) is 5.12. The van der Waals surface area contributed by atoms with Crippen molar-refractivity contribution in [2.75, 3.05) is 0 Å². The summed E-state index contributed by atoms with van der Waals surface area (Å²) in [6, 6.07) is 17.2. The SMILES string of the molecule is O=C(c1ccccc1)c1ccc(Oc2ccc(C(F)(F)F)cn2)cc1. The van der Waals surface area contributed by atoms with E-state index in [2.05, 4.69) is 4.98 Å². The lowest BCUT2D eigenvalue weighted by Gasteiger charge is -2.08. The Bertz CT molecular complexity index is 858. The number of ether oxygens (including phenoxy) is 1. The maximum absolute atomic E-state index is 12.5. The van der Waals surface area contributed by atoms with Crippen LogP contribution >= 0.6 is 0 Å². The van der Waals surface area contributed by atoms with E-state index >= 15 is 0 Å². The fraction of sp³-hybridized carbons (Fsp3) is 0.0526. The lowest BCUT2D eigenvalue weighted by molar-refractivity contribution is -0.137. The highest BCUT2D eigenvalue weighted by Gasteiger charge is 2.30. The lowest BCUT2D eigenvalue weighted by Crippen LogP contribution is -2.05. The summed E-state index contributed by atoms with van der Waals surface area (Å²) in [6.45, 7) is 0. The predicted molar refractivity (Wildman–Crippen MR) is 85.6 cm³/mol. The molecule has 0 amide bonds. The first-order chi connectivity index (χ1) is 11.9. The first kappa shape index (κ1) is 16.7. The van der Waals surface area contributed by atoms with E-state index in [0.717, 1.165) is 12.1 Å². The van der Waals surface area contributed by atoms with Gasteiger partial charge in [-0.25, -0.2) is 4.98 Å². The van der Waals surface area contributed by atoms with Crippen LogP contribution in [0.2, 0.25) is 0 Å². The second kappa shape index (κ2) is 6.76. The molecule has 0 aliphatic heterocycles. The van der Waals surface area contributed by atoms with E-state index in [1.165, 1.54) is 0 Å². The maximum Gasteiger partial charge on any atom is 0.417 e. The second-order valence-electron chi connectivity index (χ2n) is 5.20. The van der Waals surface area contributed by atoms with Crippen molar-refractivity contribution in [3.8, 4) is 11.6 Å². The first-order valence-corrected chi connectivity index (χ1v) is 7.34. The van der Waals surface area contributed by atoms with E-state index in [-0.39, 0.29) is 11.7 Å². The third-order valence-corrected chi connectivity index (χ3v) is 3.44. The molecule has 3 nitrogen and oxygen atoms in total. The smallest absolute Gasteiger partial charge is 0.417 e. The van der Waals surface area contributed by atoms with Crippen LogP contribution in [-0.4, -0.2) is 10.8 Å². The van der Waals surface area contributed by atoms with Gasteiger partial charge in [-0.05, 0) is 30.3 Å². The van der Waals surface area contributed by atoms with Gasteiger partial charge < -0.3 is 4.74 Å². The van der Waals surface area contributed by atoms with Gasteiger partial charge in [0.1, 0.15) is 5.75 Å². The highest BCUT2D eigenvalue weighted by molar-refractivity contribution is 6.08. The number of nitrogens with zero attached hydrogens (tertiary/aromatic N) is 1. The van der Waals surface area contributed by atoms with Crippen LogP contribution in [0.4, 0.5) is 13.2 Å². The zero-order valence-corrected chi connectivity index (χ0v) is 12.8. The Morgan fingerprint density at radius 2 is 1.48 bits per heavy atom. The van der Waals surface area contributed by atoms with Crippen LogP contribution in [0.25, 0.3) is 0 Å². The molecule has 0 N–H and O–H groups in total. The van der Waals surface area contributed by atoms with E-state index in [4.69, 9.17) is 4.74 Å². The van der Waals surface area contributed by atoms with Gasteiger partial charge in [-0.3, -0.25) is 4.79 Å². The average molecular weight is 343 g/mol. The van der Waals surface area contributed by atoms with Crippen molar-refractivity contribution in [1.29, 1.82) is 0 Å². The van der Waals surface area contributed by atoms with E-state index in [0.29, 0.717) is 23.1 Å². The number of rotatable bonds is 4. The molecule has 1 aromatic heterocycles. The number of hydrogen-bond acceptors (Lipinski definition) is 3. The van der Waals surface area contributed by atoms with Gasteiger partial charge in [0.2, 0.25) is 5.88 Å². The van der Waals surface area contributed by atoms with E-state index in [1.54, 1.807) is 48.5 Å². The Morgan fingerprint density at radius 1 is 0.840 bits per heavy atom. The summed E-state index contributed by atoms with van der Waals surface area (Å²) in [5.41, 5.74) is 0.211. The summed E-state index contributed by atoms with van der Waals surface area (Å²) in [5.74, 6) is 0.284. The largest absolute Gasteiger partial charge is 0.439 e. The van der Waals surface area contributed by atoms with Crippen molar-refractivity contribution in [3.63, 3.8) is 0 Å². The monoisotopic (exact) mass is 343 g/mol. The Labute approximate surface area is 141 Å². The van der Waals surface area contributed by atoms with Crippen LogP contribution in [0.1, 0.15) is 21.5 Å². The van der Waals surface area contributed by atoms with Crippen molar-refractivity contribution in [1.82, 2.24) is 4.98 Å². The summed E-state index contributed by atoms with van der Waals surface area (Å²) in [7, 11) is 0. The van der Waals surface area contributed by atoms with Crippen LogP contribution in [0.3, 0.4) is 0 Å².